The Kier molecular flexibility index (Phi) is 7.37. The van der Waals surface area contributed by atoms with Crippen molar-refractivity contribution in [3.63, 3.8) is 0 Å². The zero-order valence-electron chi connectivity index (χ0n) is 17.0. The summed E-state index contributed by atoms with van der Waals surface area (Å²) in [6.07, 6.45) is 1.61. The summed E-state index contributed by atoms with van der Waals surface area (Å²) in [6.45, 7) is 0.585. The van der Waals surface area contributed by atoms with Crippen LogP contribution in [-0.4, -0.2) is 58.0 Å². The topological polar surface area (TPSA) is 105 Å². The van der Waals surface area contributed by atoms with E-state index in [0.29, 0.717) is 6.61 Å². The van der Waals surface area contributed by atoms with E-state index in [9.17, 15) is 22.4 Å². The van der Waals surface area contributed by atoms with Gasteiger partial charge in [0.2, 0.25) is 15.9 Å². The largest absolute Gasteiger partial charge is 0.377 e. The van der Waals surface area contributed by atoms with Gasteiger partial charge in [-0.2, -0.15) is 0 Å². The number of carbonyl (C=O) groups excluding carboxylic acids is 2. The highest BCUT2D eigenvalue weighted by Crippen LogP contribution is 2.15. The highest BCUT2D eigenvalue weighted by molar-refractivity contribution is 7.89. The normalized spacial score (nSPS) is 16.1. The molecule has 0 bridgehead atoms. The van der Waals surface area contributed by atoms with Crippen LogP contribution in [0.3, 0.4) is 0 Å². The highest BCUT2D eigenvalue weighted by Gasteiger charge is 2.21. The summed E-state index contributed by atoms with van der Waals surface area (Å²) < 4.78 is 45.9. The van der Waals surface area contributed by atoms with Gasteiger partial charge in [-0.25, -0.2) is 17.5 Å². The van der Waals surface area contributed by atoms with Crippen molar-refractivity contribution in [1.29, 1.82) is 0 Å². The van der Waals surface area contributed by atoms with E-state index in [1.165, 1.54) is 60.5 Å². The molecule has 1 atom stereocenters. The van der Waals surface area contributed by atoms with Gasteiger partial charge < -0.3 is 15.0 Å². The van der Waals surface area contributed by atoms with Crippen LogP contribution >= 0.6 is 0 Å². The molecular formula is C21H24FN3O5S. The van der Waals surface area contributed by atoms with Crippen molar-refractivity contribution < 1.29 is 27.1 Å². The molecule has 10 heteroatoms. The van der Waals surface area contributed by atoms with Gasteiger partial charge >= 0.3 is 0 Å². The summed E-state index contributed by atoms with van der Waals surface area (Å²) in [5.74, 6) is -1.42. The van der Waals surface area contributed by atoms with Gasteiger partial charge in [0.1, 0.15) is 5.82 Å². The first kappa shape index (κ1) is 22.9. The highest BCUT2D eigenvalue weighted by atomic mass is 32.2. The molecule has 1 fully saturated rings. The molecular weight excluding hydrogens is 425 g/mol. The molecule has 2 N–H and O–H groups in total. The molecule has 3 rings (SSSR count). The molecule has 0 spiro atoms. The first-order valence-corrected chi connectivity index (χ1v) is 11.2. The third-order valence-corrected chi connectivity index (χ3v) is 6.21. The Bertz CT molecular complexity index is 1040. The molecule has 1 saturated heterocycles. The van der Waals surface area contributed by atoms with Gasteiger partial charge in [0.15, 0.2) is 0 Å². The van der Waals surface area contributed by atoms with E-state index in [1.54, 1.807) is 0 Å². The standard InChI is InChI=1S/C21H24FN3O5S/c1-25(14-20(26)24-17-5-2-4-16(22)12-17)21(27)15-7-9-19(10-8-15)31(28,29)23-13-18-6-3-11-30-18/h2,4-5,7-10,12,18,23H,3,6,11,13-14H2,1H3,(H,24,26)/t18-/m1/s1. The SMILES string of the molecule is CN(CC(=O)Nc1cccc(F)c1)C(=O)c1ccc(S(=O)(=O)NC[C@H]2CCCO2)cc1. The van der Waals surface area contributed by atoms with Crippen molar-refractivity contribution in [2.24, 2.45) is 0 Å². The zero-order valence-corrected chi connectivity index (χ0v) is 17.8. The van der Waals surface area contributed by atoms with E-state index in [1.807, 2.05) is 0 Å². The van der Waals surface area contributed by atoms with Crippen LogP contribution < -0.4 is 10.0 Å². The lowest BCUT2D eigenvalue weighted by molar-refractivity contribution is -0.116. The number of hydrogen-bond acceptors (Lipinski definition) is 5. The Morgan fingerprint density at radius 1 is 1.19 bits per heavy atom. The number of sulfonamides is 1. The zero-order chi connectivity index (χ0) is 22.4. The summed E-state index contributed by atoms with van der Waals surface area (Å²) in [6, 6.07) is 10.9. The molecule has 1 aliphatic heterocycles. The summed E-state index contributed by atoms with van der Waals surface area (Å²) in [4.78, 5) is 25.9. The van der Waals surface area contributed by atoms with Crippen LogP contribution in [0.15, 0.2) is 53.4 Å². The fourth-order valence-electron chi connectivity index (χ4n) is 3.14. The van der Waals surface area contributed by atoms with E-state index in [-0.39, 0.29) is 35.3 Å². The number of benzene rings is 2. The fraction of sp³-hybridized carbons (Fsp3) is 0.333. The lowest BCUT2D eigenvalue weighted by atomic mass is 10.2. The Balaban J connectivity index is 1.56. The van der Waals surface area contributed by atoms with E-state index in [0.717, 1.165) is 12.8 Å². The summed E-state index contributed by atoms with van der Waals surface area (Å²) >= 11 is 0. The molecule has 0 saturated carbocycles. The van der Waals surface area contributed by atoms with Gasteiger partial charge in [-0.15, -0.1) is 0 Å². The maximum Gasteiger partial charge on any atom is 0.254 e. The van der Waals surface area contributed by atoms with Crippen LogP contribution in [-0.2, 0) is 19.6 Å². The Labute approximate surface area is 180 Å². The van der Waals surface area contributed by atoms with Gasteiger partial charge in [0.05, 0.1) is 17.5 Å². The maximum atomic E-state index is 13.2. The van der Waals surface area contributed by atoms with Crippen molar-refractivity contribution in [3.8, 4) is 0 Å². The number of halogens is 1. The van der Waals surface area contributed by atoms with Gasteiger partial charge in [-0.3, -0.25) is 9.59 Å². The lowest BCUT2D eigenvalue weighted by Crippen LogP contribution is -2.35. The minimum atomic E-state index is -3.72. The van der Waals surface area contributed by atoms with Gasteiger partial charge in [0, 0.05) is 31.5 Å². The summed E-state index contributed by atoms with van der Waals surface area (Å²) in [5, 5.41) is 2.52. The third kappa shape index (κ3) is 6.33. The van der Waals surface area contributed by atoms with Crippen molar-refractivity contribution >= 4 is 27.5 Å². The first-order valence-electron chi connectivity index (χ1n) is 9.77. The first-order chi connectivity index (χ1) is 14.7. The van der Waals surface area contributed by atoms with Gasteiger partial charge in [-0.05, 0) is 55.3 Å². The van der Waals surface area contributed by atoms with Crippen molar-refractivity contribution in [1.82, 2.24) is 9.62 Å². The number of nitrogens with zero attached hydrogens (tertiary/aromatic N) is 1. The van der Waals surface area contributed by atoms with Crippen LogP contribution in [0, 0.1) is 5.82 Å². The molecule has 166 valence electrons. The minimum absolute atomic E-state index is 0.0357. The maximum absolute atomic E-state index is 13.2. The Morgan fingerprint density at radius 2 is 1.94 bits per heavy atom. The molecule has 8 nitrogen and oxygen atoms in total. The van der Waals surface area contributed by atoms with E-state index < -0.39 is 27.7 Å². The van der Waals surface area contributed by atoms with Crippen molar-refractivity contribution in [2.45, 2.75) is 23.8 Å². The number of rotatable bonds is 8. The predicted molar refractivity (Wildman–Crippen MR) is 113 cm³/mol. The summed E-state index contributed by atoms with van der Waals surface area (Å²) in [7, 11) is -2.27. The smallest absolute Gasteiger partial charge is 0.254 e. The predicted octanol–water partition coefficient (Wildman–Crippen LogP) is 1.99. The molecule has 2 amide bonds. The van der Waals surface area contributed by atoms with Crippen LogP contribution in [0.2, 0.25) is 0 Å². The molecule has 2 aromatic rings. The third-order valence-electron chi connectivity index (χ3n) is 4.77. The fourth-order valence-corrected chi connectivity index (χ4v) is 4.21. The lowest BCUT2D eigenvalue weighted by Gasteiger charge is -2.17. The van der Waals surface area contributed by atoms with Gasteiger partial charge in [-0.1, -0.05) is 6.07 Å². The molecule has 0 unspecified atom stereocenters. The van der Waals surface area contributed by atoms with Crippen molar-refractivity contribution in [2.75, 3.05) is 32.1 Å². The molecule has 0 aliphatic carbocycles. The van der Waals surface area contributed by atoms with Crippen LogP contribution in [0.25, 0.3) is 0 Å². The number of nitrogens with one attached hydrogen (secondary N) is 2. The number of likely N-dealkylation sites (N-methyl/N-ethyl adjacent to an activating group) is 1. The Morgan fingerprint density at radius 3 is 2.58 bits per heavy atom. The number of hydrogen-bond donors (Lipinski definition) is 2. The molecule has 1 heterocycles. The monoisotopic (exact) mass is 449 g/mol. The second-order valence-corrected chi connectivity index (χ2v) is 9.00. The number of amides is 2. The quantitative estimate of drug-likeness (QED) is 0.641. The second-order valence-electron chi connectivity index (χ2n) is 7.23. The van der Waals surface area contributed by atoms with Gasteiger partial charge in [0.25, 0.3) is 5.91 Å². The molecule has 0 radical (unpaired) electrons. The number of ether oxygens (including phenoxy) is 1. The van der Waals surface area contributed by atoms with E-state index in [2.05, 4.69) is 10.0 Å². The minimum Gasteiger partial charge on any atom is -0.377 e. The number of anilines is 1. The summed E-state index contributed by atoms with van der Waals surface area (Å²) in [5.41, 5.74) is 0.523. The van der Waals surface area contributed by atoms with E-state index in [4.69, 9.17) is 4.74 Å². The molecule has 2 aromatic carbocycles. The second kappa shape index (κ2) is 9.99. The molecule has 1 aliphatic rings. The van der Waals surface area contributed by atoms with Crippen LogP contribution in [0.4, 0.5) is 10.1 Å². The average Bonchev–Trinajstić information content (AvgIpc) is 3.25. The average molecular weight is 450 g/mol. The number of carbonyl (C=O) groups is 2. The Hall–Kier alpha value is -2.82. The molecule has 31 heavy (non-hydrogen) atoms. The van der Waals surface area contributed by atoms with E-state index >= 15 is 0 Å². The van der Waals surface area contributed by atoms with Crippen molar-refractivity contribution in [3.05, 3.63) is 59.9 Å². The molecule has 0 aromatic heterocycles. The van der Waals surface area contributed by atoms with Crippen LogP contribution in [0.5, 0.6) is 0 Å². The van der Waals surface area contributed by atoms with Crippen LogP contribution in [0.1, 0.15) is 23.2 Å².